The van der Waals surface area contributed by atoms with Gasteiger partial charge in [0, 0.05) is 17.6 Å². The molecule has 0 bridgehead atoms. The van der Waals surface area contributed by atoms with Crippen LogP contribution in [0.2, 0.25) is 0 Å². The number of H-pyrrole nitrogens is 1. The molecule has 3 rings (SSSR count). The molecule has 0 saturated heterocycles. The topological polar surface area (TPSA) is 93.2 Å². The van der Waals surface area contributed by atoms with Gasteiger partial charge < -0.3 is 15.0 Å². The van der Waals surface area contributed by atoms with Crippen molar-refractivity contribution >= 4 is 17.6 Å². The highest BCUT2D eigenvalue weighted by molar-refractivity contribution is 5.96. The van der Waals surface area contributed by atoms with Crippen molar-refractivity contribution in [3.05, 3.63) is 81.5 Å². The number of nitrogens with one attached hydrogen (secondary N) is 2. The van der Waals surface area contributed by atoms with E-state index in [1.165, 1.54) is 4.57 Å². The number of para-hydroxylation sites is 1. The molecule has 0 spiro atoms. The normalized spacial score (nSPS) is 10.6. The number of aromatic amines is 1. The Morgan fingerprint density at radius 3 is 2.20 bits per heavy atom. The van der Waals surface area contributed by atoms with Crippen LogP contribution in [0.1, 0.15) is 41.0 Å². The minimum Gasteiger partial charge on any atom is -0.452 e. The summed E-state index contributed by atoms with van der Waals surface area (Å²) in [4.78, 5) is 39.1. The average Bonchev–Trinajstić information content (AvgIpc) is 3.10. The van der Waals surface area contributed by atoms with Gasteiger partial charge in [-0.15, -0.1) is 0 Å². The molecule has 0 unspecified atom stereocenters. The van der Waals surface area contributed by atoms with E-state index in [9.17, 15) is 14.4 Å². The van der Waals surface area contributed by atoms with Crippen molar-refractivity contribution in [3.63, 3.8) is 0 Å². The molecule has 30 heavy (non-hydrogen) atoms. The Labute approximate surface area is 174 Å². The third-order valence-corrected chi connectivity index (χ3v) is 4.92. The number of imidazole rings is 1. The summed E-state index contributed by atoms with van der Waals surface area (Å²) in [7, 11) is 0. The molecule has 1 aromatic heterocycles. The van der Waals surface area contributed by atoms with Crippen LogP contribution in [0.4, 0.5) is 5.69 Å². The summed E-state index contributed by atoms with van der Waals surface area (Å²) in [5, 5.41) is 2.87. The first-order valence-corrected chi connectivity index (χ1v) is 9.89. The summed E-state index contributed by atoms with van der Waals surface area (Å²) in [5.74, 6) is -0.987. The van der Waals surface area contributed by atoms with E-state index in [4.69, 9.17) is 4.74 Å². The van der Waals surface area contributed by atoms with Crippen LogP contribution < -0.4 is 11.0 Å². The zero-order valence-electron chi connectivity index (χ0n) is 17.3. The van der Waals surface area contributed by atoms with Gasteiger partial charge in [-0.3, -0.25) is 9.36 Å². The third kappa shape index (κ3) is 4.51. The lowest BCUT2D eigenvalue weighted by Gasteiger charge is -2.14. The van der Waals surface area contributed by atoms with Crippen LogP contribution in [0.5, 0.6) is 0 Å². The molecule has 0 radical (unpaired) electrons. The summed E-state index contributed by atoms with van der Waals surface area (Å²) >= 11 is 0. The van der Waals surface area contributed by atoms with Crippen molar-refractivity contribution in [3.8, 4) is 5.69 Å². The molecular weight excluding hydrogens is 382 g/mol. The average molecular weight is 407 g/mol. The van der Waals surface area contributed by atoms with E-state index in [1.54, 1.807) is 37.4 Å². The first-order valence-electron chi connectivity index (χ1n) is 9.89. The number of aromatic nitrogens is 2. The summed E-state index contributed by atoms with van der Waals surface area (Å²) in [5.41, 5.74) is 4.32. The van der Waals surface area contributed by atoms with E-state index in [0.29, 0.717) is 11.3 Å². The molecule has 0 aliphatic rings. The van der Waals surface area contributed by atoms with E-state index in [-0.39, 0.29) is 18.2 Å². The number of amides is 1. The highest BCUT2D eigenvalue weighted by Gasteiger charge is 2.14. The second-order valence-electron chi connectivity index (χ2n) is 6.90. The standard InChI is InChI=1S/C23H25N3O4/c1-4-16-7-6-8-17(5-2)21(16)25-20(27)14-30-22(28)18-9-11-19(12-10-18)26-15(3)13-24-23(26)29/h6-13H,4-5,14H2,1-3H3,(H,24,29)(H,25,27). The molecular formula is C23H25N3O4. The second-order valence-corrected chi connectivity index (χ2v) is 6.90. The van der Waals surface area contributed by atoms with Gasteiger partial charge in [0.25, 0.3) is 5.91 Å². The number of carbonyl (C=O) groups is 2. The molecule has 0 aliphatic carbocycles. The minimum absolute atomic E-state index is 0.252. The Morgan fingerprint density at radius 1 is 1.03 bits per heavy atom. The highest BCUT2D eigenvalue weighted by atomic mass is 16.5. The molecule has 0 atom stereocenters. The second kappa shape index (κ2) is 9.26. The Balaban J connectivity index is 1.63. The van der Waals surface area contributed by atoms with Crippen molar-refractivity contribution in [2.24, 2.45) is 0 Å². The van der Waals surface area contributed by atoms with Crippen LogP contribution in [-0.2, 0) is 22.4 Å². The zero-order chi connectivity index (χ0) is 21.7. The fourth-order valence-corrected chi connectivity index (χ4v) is 3.32. The largest absolute Gasteiger partial charge is 0.452 e. The summed E-state index contributed by atoms with van der Waals surface area (Å²) in [6, 6.07) is 12.4. The number of esters is 1. The molecule has 1 heterocycles. The lowest BCUT2D eigenvalue weighted by atomic mass is 10.0. The number of aryl methyl sites for hydroxylation is 3. The first-order chi connectivity index (χ1) is 14.4. The molecule has 0 aliphatic heterocycles. The third-order valence-electron chi connectivity index (χ3n) is 4.92. The van der Waals surface area contributed by atoms with Gasteiger partial charge in [-0.25, -0.2) is 9.59 Å². The maximum Gasteiger partial charge on any atom is 0.338 e. The SMILES string of the molecule is CCc1cccc(CC)c1NC(=O)COC(=O)c1ccc(-n2c(C)c[nH]c2=O)cc1. The lowest BCUT2D eigenvalue weighted by Crippen LogP contribution is -2.22. The van der Waals surface area contributed by atoms with Crippen LogP contribution >= 0.6 is 0 Å². The van der Waals surface area contributed by atoms with Gasteiger partial charge >= 0.3 is 11.7 Å². The molecule has 3 aromatic rings. The smallest absolute Gasteiger partial charge is 0.338 e. The Morgan fingerprint density at radius 2 is 1.67 bits per heavy atom. The monoisotopic (exact) mass is 407 g/mol. The number of hydrogen-bond acceptors (Lipinski definition) is 4. The number of ether oxygens (including phenoxy) is 1. The highest BCUT2D eigenvalue weighted by Crippen LogP contribution is 2.22. The molecule has 0 saturated carbocycles. The van der Waals surface area contributed by atoms with Crippen molar-refractivity contribution in [2.45, 2.75) is 33.6 Å². The first kappa shape index (κ1) is 21.1. The molecule has 7 heteroatoms. The molecule has 2 aromatic carbocycles. The predicted molar refractivity (Wildman–Crippen MR) is 115 cm³/mol. The number of rotatable bonds is 7. The van der Waals surface area contributed by atoms with E-state index in [0.717, 1.165) is 35.3 Å². The predicted octanol–water partition coefficient (Wildman–Crippen LogP) is 3.39. The van der Waals surface area contributed by atoms with Crippen molar-refractivity contribution in [2.75, 3.05) is 11.9 Å². The van der Waals surface area contributed by atoms with Gasteiger partial charge in [0.15, 0.2) is 6.61 Å². The Kier molecular flexibility index (Phi) is 6.51. The Hall–Kier alpha value is -3.61. The lowest BCUT2D eigenvalue weighted by molar-refractivity contribution is -0.119. The number of benzene rings is 2. The minimum atomic E-state index is -0.602. The molecule has 1 amide bonds. The van der Waals surface area contributed by atoms with Crippen molar-refractivity contribution in [1.82, 2.24) is 9.55 Å². The van der Waals surface area contributed by atoms with Crippen molar-refractivity contribution in [1.29, 1.82) is 0 Å². The van der Waals surface area contributed by atoms with E-state index < -0.39 is 5.97 Å². The molecule has 2 N–H and O–H groups in total. The van der Waals surface area contributed by atoms with Gasteiger partial charge in [0.2, 0.25) is 0 Å². The Bertz CT molecular complexity index is 1090. The summed E-state index contributed by atoms with van der Waals surface area (Å²) in [6.07, 6.45) is 3.20. The zero-order valence-corrected chi connectivity index (χ0v) is 17.3. The van der Waals surface area contributed by atoms with Crippen LogP contribution in [-0.4, -0.2) is 28.0 Å². The van der Waals surface area contributed by atoms with Gasteiger partial charge in [0.1, 0.15) is 0 Å². The quantitative estimate of drug-likeness (QED) is 0.587. The van der Waals surface area contributed by atoms with E-state index in [1.807, 2.05) is 32.0 Å². The fraction of sp³-hybridized carbons (Fsp3) is 0.261. The number of hydrogen-bond donors (Lipinski definition) is 2. The molecule has 7 nitrogen and oxygen atoms in total. The van der Waals surface area contributed by atoms with Gasteiger partial charge in [-0.2, -0.15) is 0 Å². The number of anilines is 1. The van der Waals surface area contributed by atoms with Crippen LogP contribution in [0.3, 0.4) is 0 Å². The fourth-order valence-electron chi connectivity index (χ4n) is 3.32. The summed E-state index contributed by atoms with van der Waals surface area (Å²) in [6.45, 7) is 5.48. The van der Waals surface area contributed by atoms with E-state index >= 15 is 0 Å². The van der Waals surface area contributed by atoms with Crippen LogP contribution in [0, 0.1) is 6.92 Å². The maximum absolute atomic E-state index is 12.3. The van der Waals surface area contributed by atoms with Crippen molar-refractivity contribution < 1.29 is 14.3 Å². The number of nitrogens with zero attached hydrogens (tertiary/aromatic N) is 1. The van der Waals surface area contributed by atoms with Crippen LogP contribution in [0.25, 0.3) is 5.69 Å². The molecule has 156 valence electrons. The van der Waals surface area contributed by atoms with E-state index in [2.05, 4.69) is 10.3 Å². The number of carbonyl (C=O) groups excluding carboxylic acids is 2. The molecule has 0 fully saturated rings. The maximum atomic E-state index is 12.3. The van der Waals surface area contributed by atoms with Gasteiger partial charge in [-0.1, -0.05) is 32.0 Å². The van der Waals surface area contributed by atoms with Crippen LogP contribution in [0.15, 0.2) is 53.5 Å². The van der Waals surface area contributed by atoms with Gasteiger partial charge in [-0.05, 0) is 55.2 Å². The van der Waals surface area contributed by atoms with Gasteiger partial charge in [0.05, 0.1) is 11.3 Å². The summed E-state index contributed by atoms with van der Waals surface area (Å²) < 4.78 is 6.66.